The van der Waals surface area contributed by atoms with Gasteiger partial charge in [0.25, 0.3) is 0 Å². The van der Waals surface area contributed by atoms with Crippen molar-refractivity contribution < 1.29 is 0 Å². The van der Waals surface area contributed by atoms with Crippen LogP contribution in [0.5, 0.6) is 0 Å². The molecule has 0 amide bonds. The van der Waals surface area contributed by atoms with Gasteiger partial charge >= 0.3 is 6.20 Å². The van der Waals surface area contributed by atoms with Crippen LogP contribution in [0.15, 0.2) is 48.2 Å². The topological polar surface area (TPSA) is 28.1 Å². The highest BCUT2D eigenvalue weighted by atomic mass is 14.8. The lowest BCUT2D eigenvalue weighted by atomic mass is 10.2. The monoisotopic (exact) mass is 131 g/mol. The lowest BCUT2D eigenvalue weighted by Gasteiger charge is -1.76. The fraction of sp³-hybridized carbons (Fsp3) is 0. The summed E-state index contributed by atoms with van der Waals surface area (Å²) in [7, 11) is 0. The van der Waals surface area contributed by atoms with Gasteiger partial charge in [-0.05, 0) is 12.2 Å². The van der Waals surface area contributed by atoms with E-state index in [1.54, 1.807) is 0 Å². The third-order valence-electron chi connectivity index (χ3n) is 1.12. The smallest absolute Gasteiger partial charge is 0.0622 e. The second kappa shape index (κ2) is 3.41. The predicted octanol–water partition coefficient (Wildman–Crippen LogP) is 2.41. The number of rotatable bonds is 0. The maximum absolute atomic E-state index is 8.17. The standard InChI is InChI=1S/C8H7N2/c9-10-7-8-5-3-1-2-4-6-8/h1-7H/q+1. The maximum atomic E-state index is 8.17. The fourth-order valence-electron chi connectivity index (χ4n) is 0.670. The first kappa shape index (κ1) is 6.50. The summed E-state index contributed by atoms with van der Waals surface area (Å²) in [5.74, 6) is 0. The van der Waals surface area contributed by atoms with Gasteiger partial charge in [-0.2, -0.15) is 0 Å². The Balaban J connectivity index is 2.85. The minimum absolute atomic E-state index is 0.882. The summed E-state index contributed by atoms with van der Waals surface area (Å²) in [6.07, 6.45) is 12.7. The molecule has 0 N–H and O–H groups in total. The van der Waals surface area contributed by atoms with E-state index in [9.17, 15) is 0 Å². The van der Waals surface area contributed by atoms with E-state index in [4.69, 9.17) is 5.39 Å². The van der Waals surface area contributed by atoms with E-state index in [-0.39, 0.29) is 0 Å². The van der Waals surface area contributed by atoms with Crippen LogP contribution in [0, 0.1) is 5.39 Å². The van der Waals surface area contributed by atoms with E-state index in [0.717, 1.165) is 5.57 Å². The van der Waals surface area contributed by atoms with Crippen molar-refractivity contribution in [3.8, 4) is 0 Å². The summed E-state index contributed by atoms with van der Waals surface area (Å²) in [4.78, 5) is 2.91. The molecule has 0 heterocycles. The van der Waals surface area contributed by atoms with E-state index < -0.39 is 0 Å². The molecule has 0 aromatic carbocycles. The van der Waals surface area contributed by atoms with Crippen LogP contribution in [-0.4, -0.2) is 0 Å². The molecule has 0 atom stereocenters. The fourth-order valence-corrected chi connectivity index (χ4v) is 0.670. The second-order valence-corrected chi connectivity index (χ2v) is 1.85. The minimum Gasteiger partial charge on any atom is -0.0622 e. The van der Waals surface area contributed by atoms with Crippen molar-refractivity contribution in [2.45, 2.75) is 0 Å². The van der Waals surface area contributed by atoms with Gasteiger partial charge in [-0.25, -0.2) is 0 Å². The van der Waals surface area contributed by atoms with Gasteiger partial charge in [0.15, 0.2) is 4.98 Å². The number of allylic oxidation sites excluding steroid dienone is 7. The quantitative estimate of drug-likeness (QED) is 0.464. The van der Waals surface area contributed by atoms with E-state index in [1.807, 2.05) is 36.5 Å². The summed E-state index contributed by atoms with van der Waals surface area (Å²) in [6.45, 7) is 0. The molecular formula is C8H7N2+. The highest BCUT2D eigenvalue weighted by Gasteiger charge is 1.92. The van der Waals surface area contributed by atoms with Crippen molar-refractivity contribution >= 4 is 0 Å². The largest absolute Gasteiger partial charge is 0.357 e. The summed E-state index contributed by atoms with van der Waals surface area (Å²) in [6, 6.07) is 0. The third-order valence-corrected chi connectivity index (χ3v) is 1.12. The van der Waals surface area contributed by atoms with Crippen molar-refractivity contribution in [1.29, 1.82) is 5.39 Å². The van der Waals surface area contributed by atoms with Crippen LogP contribution in [0.2, 0.25) is 0 Å². The van der Waals surface area contributed by atoms with E-state index in [0.29, 0.717) is 0 Å². The Labute approximate surface area is 59.5 Å². The zero-order valence-electron chi connectivity index (χ0n) is 5.44. The Kier molecular flexibility index (Phi) is 2.22. The molecule has 2 nitrogen and oxygen atoms in total. The number of nitrogens with zero attached hydrogens (tertiary/aromatic N) is 2. The molecule has 0 aliphatic heterocycles. The normalized spacial score (nSPS) is 14.5. The van der Waals surface area contributed by atoms with Crippen LogP contribution < -0.4 is 0 Å². The van der Waals surface area contributed by atoms with Crippen molar-refractivity contribution in [2.75, 3.05) is 0 Å². The van der Waals surface area contributed by atoms with Crippen molar-refractivity contribution in [1.82, 2.24) is 0 Å². The number of hydrogen-bond acceptors (Lipinski definition) is 1. The van der Waals surface area contributed by atoms with Crippen LogP contribution in [-0.2, 0) is 0 Å². The Bertz CT molecular complexity index is 243. The van der Waals surface area contributed by atoms with E-state index >= 15 is 0 Å². The molecule has 48 valence electrons. The van der Waals surface area contributed by atoms with Crippen LogP contribution in [0.1, 0.15) is 0 Å². The van der Waals surface area contributed by atoms with Crippen LogP contribution >= 0.6 is 0 Å². The third kappa shape index (κ3) is 1.71. The average Bonchev–Trinajstić information content (AvgIpc) is 2.17. The molecular weight excluding hydrogens is 124 g/mol. The van der Waals surface area contributed by atoms with Gasteiger partial charge in [-0.1, -0.05) is 24.3 Å². The van der Waals surface area contributed by atoms with Crippen LogP contribution in [0.25, 0.3) is 4.98 Å². The summed E-state index contributed by atoms with van der Waals surface area (Å²) < 4.78 is 0. The first-order valence-electron chi connectivity index (χ1n) is 2.99. The van der Waals surface area contributed by atoms with E-state index in [2.05, 4.69) is 4.98 Å². The van der Waals surface area contributed by atoms with Gasteiger partial charge in [0.05, 0.1) is 5.57 Å². The molecule has 1 rings (SSSR count). The first-order valence-corrected chi connectivity index (χ1v) is 2.99. The molecule has 0 aromatic heterocycles. The lowest BCUT2D eigenvalue weighted by molar-refractivity contribution is 1.46. The summed E-state index contributed by atoms with van der Waals surface area (Å²) in [5.41, 5.74) is 0.882. The van der Waals surface area contributed by atoms with Gasteiger partial charge in [-0.3, -0.25) is 0 Å². The molecule has 0 saturated carbocycles. The maximum Gasteiger partial charge on any atom is 0.357 e. The minimum atomic E-state index is 0.882. The van der Waals surface area contributed by atoms with Gasteiger partial charge in [0.2, 0.25) is 5.39 Å². The zero-order chi connectivity index (χ0) is 7.23. The van der Waals surface area contributed by atoms with Gasteiger partial charge in [-0.15, -0.1) is 0 Å². The number of diazo groups is 1. The molecule has 0 radical (unpaired) electrons. The SMILES string of the molecule is N#[N+]C=C1C=CC=CC=C1. The number of hydrogen-bond donors (Lipinski definition) is 0. The predicted molar refractivity (Wildman–Crippen MR) is 40.6 cm³/mol. The molecule has 0 saturated heterocycles. The Morgan fingerprint density at radius 2 is 1.70 bits per heavy atom. The van der Waals surface area contributed by atoms with Crippen molar-refractivity contribution in [3.05, 3.63) is 53.2 Å². The Morgan fingerprint density at radius 3 is 2.20 bits per heavy atom. The molecule has 10 heavy (non-hydrogen) atoms. The van der Waals surface area contributed by atoms with Crippen molar-refractivity contribution in [3.63, 3.8) is 0 Å². The van der Waals surface area contributed by atoms with Crippen molar-refractivity contribution in [2.24, 2.45) is 0 Å². The zero-order valence-corrected chi connectivity index (χ0v) is 5.44. The van der Waals surface area contributed by atoms with Crippen LogP contribution in [0.4, 0.5) is 0 Å². The molecule has 1 aliphatic carbocycles. The lowest BCUT2D eigenvalue weighted by Crippen LogP contribution is -1.64. The molecule has 0 spiro atoms. The van der Waals surface area contributed by atoms with Gasteiger partial charge in [0, 0.05) is 0 Å². The summed E-state index contributed by atoms with van der Waals surface area (Å²) >= 11 is 0. The van der Waals surface area contributed by atoms with Gasteiger partial charge in [0.1, 0.15) is 0 Å². The Morgan fingerprint density at radius 1 is 1.10 bits per heavy atom. The van der Waals surface area contributed by atoms with Gasteiger partial charge < -0.3 is 0 Å². The van der Waals surface area contributed by atoms with Crippen LogP contribution in [0.3, 0.4) is 0 Å². The molecule has 0 unspecified atom stereocenters. The molecule has 0 aromatic rings. The Hall–Kier alpha value is -1.62. The summed E-state index contributed by atoms with van der Waals surface area (Å²) in [5, 5.41) is 8.17. The first-order chi connectivity index (χ1) is 4.93. The molecule has 1 aliphatic rings. The van der Waals surface area contributed by atoms with E-state index in [1.165, 1.54) is 6.20 Å². The highest BCUT2D eigenvalue weighted by molar-refractivity contribution is 5.37. The second-order valence-electron chi connectivity index (χ2n) is 1.85. The molecule has 2 heteroatoms. The molecule has 0 fully saturated rings. The molecule has 0 bridgehead atoms. The average molecular weight is 131 g/mol. The highest BCUT2D eigenvalue weighted by Crippen LogP contribution is 2.03.